The van der Waals surface area contributed by atoms with Gasteiger partial charge >= 0.3 is 0 Å². The predicted molar refractivity (Wildman–Crippen MR) is 101 cm³/mol. The van der Waals surface area contributed by atoms with Gasteiger partial charge in [-0.1, -0.05) is 6.07 Å². The number of thiophene rings is 1. The molecule has 23 heavy (non-hydrogen) atoms. The molecule has 0 aromatic carbocycles. The van der Waals surface area contributed by atoms with Crippen molar-refractivity contribution in [2.24, 2.45) is 0 Å². The molecule has 1 fully saturated rings. The normalized spacial score (nSPS) is 20.8. The van der Waals surface area contributed by atoms with Gasteiger partial charge in [-0.15, -0.1) is 11.3 Å². The van der Waals surface area contributed by atoms with Crippen LogP contribution in [0.4, 0.5) is 0 Å². The highest BCUT2D eigenvalue weighted by atomic mass is 79.9. The first-order chi connectivity index (χ1) is 11.2. The first-order valence-electron chi connectivity index (χ1n) is 7.41. The highest BCUT2D eigenvalue weighted by molar-refractivity contribution is 9.10. The molecule has 3 heterocycles. The molecule has 1 N–H and O–H groups in total. The van der Waals surface area contributed by atoms with Crippen molar-refractivity contribution in [1.29, 1.82) is 0 Å². The predicted octanol–water partition coefficient (Wildman–Crippen LogP) is 3.91. The van der Waals surface area contributed by atoms with Gasteiger partial charge in [0.15, 0.2) is 5.11 Å². The Kier molecular flexibility index (Phi) is 5.63. The number of hydrogen-bond acceptors (Lipinski definition) is 4. The fourth-order valence-corrected chi connectivity index (χ4v) is 4.74. The van der Waals surface area contributed by atoms with Gasteiger partial charge in [0.05, 0.1) is 17.8 Å². The van der Waals surface area contributed by atoms with Crippen molar-refractivity contribution in [3.05, 3.63) is 50.9 Å². The molecule has 1 aliphatic heterocycles. The van der Waals surface area contributed by atoms with Crippen LogP contribution in [0, 0.1) is 0 Å². The molecule has 7 heteroatoms. The fraction of sp³-hybridized carbons (Fsp3) is 0.375. The average Bonchev–Trinajstić information content (AvgIpc) is 3.12. The fourth-order valence-electron chi connectivity index (χ4n) is 2.82. The van der Waals surface area contributed by atoms with E-state index in [1.54, 1.807) is 18.4 Å². The molecule has 2 atom stereocenters. The highest BCUT2D eigenvalue weighted by Gasteiger charge is 2.40. The standard InChI is InChI=1S/C16H18BrN3OS2/c1-21-8-4-7-20-15(13-9-11(17)10-23-13)14(19-16(20)22)12-5-2-3-6-18-12/h2-3,5-6,9-10,14-15H,4,7-8H2,1H3,(H,19,22)/t14-,15-/m0/s1. The van der Waals surface area contributed by atoms with E-state index in [9.17, 15) is 0 Å². The molecule has 0 unspecified atom stereocenters. The van der Waals surface area contributed by atoms with Gasteiger partial charge in [-0.3, -0.25) is 4.98 Å². The van der Waals surface area contributed by atoms with Crippen LogP contribution in [-0.4, -0.2) is 35.3 Å². The Bertz CT molecular complexity index is 664. The highest BCUT2D eigenvalue weighted by Crippen LogP contribution is 2.41. The van der Waals surface area contributed by atoms with E-state index in [1.165, 1.54) is 4.88 Å². The van der Waals surface area contributed by atoms with Crippen molar-refractivity contribution in [3.8, 4) is 0 Å². The zero-order valence-electron chi connectivity index (χ0n) is 12.7. The molecular weight excluding hydrogens is 394 g/mol. The van der Waals surface area contributed by atoms with Crippen LogP contribution < -0.4 is 5.32 Å². The summed E-state index contributed by atoms with van der Waals surface area (Å²) in [6.45, 7) is 1.59. The smallest absolute Gasteiger partial charge is 0.170 e. The molecule has 1 saturated heterocycles. The van der Waals surface area contributed by atoms with Crippen molar-refractivity contribution in [1.82, 2.24) is 15.2 Å². The molecule has 0 spiro atoms. The zero-order chi connectivity index (χ0) is 16.2. The second-order valence-electron chi connectivity index (χ2n) is 5.33. The maximum atomic E-state index is 5.59. The molecule has 0 bridgehead atoms. The van der Waals surface area contributed by atoms with Gasteiger partial charge < -0.3 is 15.0 Å². The van der Waals surface area contributed by atoms with Crippen LogP contribution in [0.15, 0.2) is 40.3 Å². The minimum absolute atomic E-state index is 0.0665. The lowest BCUT2D eigenvalue weighted by molar-refractivity contribution is 0.181. The second kappa shape index (κ2) is 7.70. The zero-order valence-corrected chi connectivity index (χ0v) is 16.0. The van der Waals surface area contributed by atoms with Crippen molar-refractivity contribution in [3.63, 3.8) is 0 Å². The van der Waals surface area contributed by atoms with Crippen LogP contribution in [0.2, 0.25) is 0 Å². The summed E-state index contributed by atoms with van der Waals surface area (Å²) < 4.78 is 6.29. The number of hydrogen-bond donors (Lipinski definition) is 1. The third-order valence-corrected chi connectivity index (χ3v) is 5.94. The van der Waals surface area contributed by atoms with Crippen LogP contribution in [0.5, 0.6) is 0 Å². The summed E-state index contributed by atoms with van der Waals surface area (Å²) in [5.74, 6) is 0. The van der Waals surface area contributed by atoms with Crippen LogP contribution in [0.1, 0.15) is 29.1 Å². The summed E-state index contributed by atoms with van der Waals surface area (Å²) in [5, 5.41) is 6.34. The van der Waals surface area contributed by atoms with E-state index in [-0.39, 0.29) is 12.1 Å². The molecule has 0 saturated carbocycles. The minimum atomic E-state index is 0.0665. The van der Waals surface area contributed by atoms with Gasteiger partial charge in [0.25, 0.3) is 0 Å². The van der Waals surface area contributed by atoms with Gasteiger partial charge in [0.2, 0.25) is 0 Å². The third-order valence-electron chi connectivity index (χ3n) is 3.82. The number of methoxy groups -OCH3 is 1. The van der Waals surface area contributed by atoms with Crippen LogP contribution >= 0.6 is 39.5 Å². The summed E-state index contributed by atoms with van der Waals surface area (Å²) in [7, 11) is 1.73. The Labute approximate surface area is 154 Å². The van der Waals surface area contributed by atoms with Crippen LogP contribution in [0.3, 0.4) is 0 Å². The third kappa shape index (κ3) is 3.74. The lowest BCUT2D eigenvalue weighted by atomic mass is 10.0. The molecule has 0 aliphatic carbocycles. The molecule has 1 aliphatic rings. The van der Waals surface area contributed by atoms with E-state index in [2.05, 4.69) is 48.6 Å². The summed E-state index contributed by atoms with van der Waals surface area (Å²) in [6.07, 6.45) is 2.77. The minimum Gasteiger partial charge on any atom is -0.385 e. The van der Waals surface area contributed by atoms with Crippen LogP contribution in [-0.2, 0) is 4.74 Å². The number of thiocarbonyl (C=S) groups is 1. The number of pyridine rings is 1. The Morgan fingerprint density at radius 2 is 2.35 bits per heavy atom. The lowest BCUT2D eigenvalue weighted by Gasteiger charge is -2.26. The van der Waals surface area contributed by atoms with E-state index in [0.29, 0.717) is 0 Å². The molecular formula is C16H18BrN3OS2. The number of nitrogens with one attached hydrogen (secondary N) is 1. The van der Waals surface area contributed by atoms with E-state index in [1.807, 2.05) is 18.3 Å². The van der Waals surface area contributed by atoms with E-state index < -0.39 is 0 Å². The number of ether oxygens (including phenoxy) is 1. The monoisotopic (exact) mass is 411 g/mol. The van der Waals surface area contributed by atoms with E-state index >= 15 is 0 Å². The number of halogens is 1. The van der Waals surface area contributed by atoms with Gasteiger partial charge in [-0.2, -0.15) is 0 Å². The van der Waals surface area contributed by atoms with Crippen molar-refractivity contribution in [2.45, 2.75) is 18.5 Å². The van der Waals surface area contributed by atoms with Gasteiger partial charge in [-0.05, 0) is 52.8 Å². The Balaban J connectivity index is 1.91. The topological polar surface area (TPSA) is 37.4 Å². The van der Waals surface area contributed by atoms with Gasteiger partial charge in [0, 0.05) is 41.2 Å². The van der Waals surface area contributed by atoms with E-state index in [4.69, 9.17) is 17.0 Å². The van der Waals surface area contributed by atoms with Gasteiger partial charge in [0.1, 0.15) is 0 Å². The second-order valence-corrected chi connectivity index (χ2v) is 7.58. The van der Waals surface area contributed by atoms with Crippen molar-refractivity contribution in [2.75, 3.05) is 20.3 Å². The number of aromatic nitrogens is 1. The summed E-state index contributed by atoms with van der Waals surface area (Å²) in [5.41, 5.74) is 1.01. The van der Waals surface area contributed by atoms with Crippen molar-refractivity contribution >= 4 is 44.6 Å². The summed E-state index contributed by atoms with van der Waals surface area (Å²) in [4.78, 5) is 8.06. The lowest BCUT2D eigenvalue weighted by Crippen LogP contribution is -2.30. The number of nitrogens with zero attached hydrogens (tertiary/aromatic N) is 2. The quantitative estimate of drug-likeness (QED) is 0.575. The van der Waals surface area contributed by atoms with Crippen molar-refractivity contribution < 1.29 is 4.74 Å². The first kappa shape index (κ1) is 16.8. The Morgan fingerprint density at radius 1 is 1.48 bits per heavy atom. The Hall–Kier alpha value is -1.02. The SMILES string of the molecule is COCCCN1C(=S)N[C@@H](c2ccccn2)[C@@H]1c1cc(Br)cs1. The summed E-state index contributed by atoms with van der Waals surface area (Å²) >= 11 is 10.9. The summed E-state index contributed by atoms with van der Waals surface area (Å²) in [6, 6.07) is 8.40. The number of rotatable bonds is 6. The first-order valence-corrected chi connectivity index (χ1v) is 9.49. The van der Waals surface area contributed by atoms with E-state index in [0.717, 1.165) is 34.9 Å². The molecule has 4 nitrogen and oxygen atoms in total. The molecule has 0 radical (unpaired) electrons. The molecule has 0 amide bonds. The maximum absolute atomic E-state index is 5.59. The maximum Gasteiger partial charge on any atom is 0.170 e. The molecule has 3 rings (SSSR count). The largest absolute Gasteiger partial charge is 0.385 e. The Morgan fingerprint density at radius 3 is 3.00 bits per heavy atom. The average molecular weight is 412 g/mol. The molecule has 2 aromatic rings. The molecule has 2 aromatic heterocycles. The van der Waals surface area contributed by atoms with Gasteiger partial charge in [-0.25, -0.2) is 0 Å². The molecule has 122 valence electrons. The van der Waals surface area contributed by atoms with Crippen LogP contribution in [0.25, 0.3) is 0 Å².